The Morgan fingerprint density at radius 2 is 1.86 bits per heavy atom. The average Bonchev–Trinajstić information content (AvgIpc) is 2.68. The van der Waals surface area contributed by atoms with Crippen LogP contribution < -0.4 is 5.56 Å². The van der Waals surface area contributed by atoms with Crippen LogP contribution in [0.2, 0.25) is 0 Å². The van der Waals surface area contributed by atoms with Crippen LogP contribution in [0.15, 0.2) is 53.6 Å². The molecule has 0 bridgehead atoms. The highest BCUT2D eigenvalue weighted by atomic mass is 19.1. The van der Waals surface area contributed by atoms with E-state index in [0.717, 1.165) is 36.7 Å². The first kappa shape index (κ1) is 18.4. The predicted octanol–water partition coefficient (Wildman–Crippen LogP) is 3.49. The zero-order valence-electron chi connectivity index (χ0n) is 15.2. The highest BCUT2D eigenvalue weighted by Crippen LogP contribution is 2.27. The molecule has 3 heterocycles. The van der Waals surface area contributed by atoms with Crippen LogP contribution in [0.4, 0.5) is 8.78 Å². The number of nitrogens with zero attached hydrogens (tertiary/aromatic N) is 3. The molecule has 0 spiro atoms. The van der Waals surface area contributed by atoms with E-state index in [1.807, 2.05) is 0 Å². The Bertz CT molecular complexity index is 1000. The number of rotatable bonds is 4. The lowest BCUT2D eigenvalue weighted by Gasteiger charge is -2.32. The van der Waals surface area contributed by atoms with Crippen LogP contribution in [0.3, 0.4) is 0 Å². The third-order valence-corrected chi connectivity index (χ3v) is 4.97. The van der Waals surface area contributed by atoms with Gasteiger partial charge in [-0.05, 0) is 49.2 Å². The van der Waals surface area contributed by atoms with Gasteiger partial charge in [-0.15, -0.1) is 0 Å². The second-order valence-electron chi connectivity index (χ2n) is 7.11. The van der Waals surface area contributed by atoms with Crippen LogP contribution in [0.1, 0.15) is 30.0 Å². The molecule has 1 fully saturated rings. The number of aromatic nitrogens is 3. The van der Waals surface area contributed by atoms with Gasteiger partial charge in [0.15, 0.2) is 0 Å². The average molecular weight is 382 g/mol. The Hall–Kier alpha value is -2.93. The molecule has 1 saturated heterocycles. The summed E-state index contributed by atoms with van der Waals surface area (Å²) in [6.07, 6.45) is 5.16. The maximum Gasteiger partial charge on any atom is 0.251 e. The van der Waals surface area contributed by atoms with Gasteiger partial charge in [-0.25, -0.2) is 13.8 Å². The van der Waals surface area contributed by atoms with E-state index in [1.54, 1.807) is 30.6 Å². The van der Waals surface area contributed by atoms with Crippen molar-refractivity contribution in [3.8, 4) is 11.4 Å². The molecule has 1 aliphatic rings. The molecule has 0 saturated carbocycles. The number of hydrogen-bond donors (Lipinski definition) is 1. The SMILES string of the molecule is O=c1cc(C2CCCN(Cc3cc(F)cc(F)c3)C2)nc(-c2ccncc2)[nH]1. The minimum atomic E-state index is -0.568. The number of piperidine rings is 1. The fourth-order valence-electron chi connectivity index (χ4n) is 3.73. The summed E-state index contributed by atoms with van der Waals surface area (Å²) < 4.78 is 26.9. The molecular weight excluding hydrogens is 362 g/mol. The summed E-state index contributed by atoms with van der Waals surface area (Å²) in [6.45, 7) is 1.99. The van der Waals surface area contributed by atoms with Gasteiger partial charge in [-0.1, -0.05) is 0 Å². The van der Waals surface area contributed by atoms with E-state index in [9.17, 15) is 13.6 Å². The van der Waals surface area contributed by atoms with Crippen molar-refractivity contribution in [3.05, 3.63) is 82.0 Å². The molecule has 0 amide bonds. The van der Waals surface area contributed by atoms with Gasteiger partial charge in [0.2, 0.25) is 0 Å². The minimum Gasteiger partial charge on any atom is -0.307 e. The Balaban J connectivity index is 1.54. The molecule has 0 aliphatic carbocycles. The Morgan fingerprint density at radius 3 is 2.61 bits per heavy atom. The molecule has 1 aliphatic heterocycles. The van der Waals surface area contributed by atoms with E-state index in [4.69, 9.17) is 0 Å². The highest BCUT2D eigenvalue weighted by Gasteiger charge is 2.23. The van der Waals surface area contributed by atoms with Gasteiger partial charge in [-0.2, -0.15) is 0 Å². The van der Waals surface area contributed by atoms with Crippen LogP contribution in [0.25, 0.3) is 11.4 Å². The largest absolute Gasteiger partial charge is 0.307 e. The van der Waals surface area contributed by atoms with Crippen molar-refractivity contribution in [3.63, 3.8) is 0 Å². The standard InChI is InChI=1S/C21H20F2N4O/c22-17-8-14(9-18(23)10-17)12-27-7-1-2-16(13-27)19-11-20(28)26-21(25-19)15-3-5-24-6-4-15/h3-6,8-11,16H,1-2,7,12-13H2,(H,25,26,28). The zero-order chi connectivity index (χ0) is 19.5. The molecule has 1 unspecified atom stereocenters. The van der Waals surface area contributed by atoms with Crippen molar-refractivity contribution >= 4 is 0 Å². The van der Waals surface area contributed by atoms with Crippen LogP contribution in [0.5, 0.6) is 0 Å². The summed E-state index contributed by atoms with van der Waals surface area (Å²) in [5, 5.41) is 0. The number of pyridine rings is 1. The Labute approximate surface area is 161 Å². The van der Waals surface area contributed by atoms with Crippen molar-refractivity contribution in [2.24, 2.45) is 0 Å². The fraction of sp³-hybridized carbons (Fsp3) is 0.286. The molecule has 1 aromatic carbocycles. The summed E-state index contributed by atoms with van der Waals surface area (Å²) in [7, 11) is 0. The second-order valence-corrected chi connectivity index (χ2v) is 7.11. The summed E-state index contributed by atoms with van der Waals surface area (Å²) in [6, 6.07) is 8.74. The molecule has 3 aromatic rings. The van der Waals surface area contributed by atoms with Crippen molar-refractivity contribution in [2.45, 2.75) is 25.3 Å². The van der Waals surface area contributed by atoms with Gasteiger partial charge in [-0.3, -0.25) is 14.7 Å². The smallest absolute Gasteiger partial charge is 0.251 e. The molecule has 0 radical (unpaired) electrons. The van der Waals surface area contributed by atoms with E-state index in [-0.39, 0.29) is 11.5 Å². The number of aromatic amines is 1. The van der Waals surface area contributed by atoms with E-state index >= 15 is 0 Å². The molecular formula is C21H20F2N4O. The number of likely N-dealkylation sites (tertiary alicyclic amines) is 1. The van der Waals surface area contributed by atoms with Crippen LogP contribution in [-0.2, 0) is 6.54 Å². The first-order valence-corrected chi connectivity index (χ1v) is 9.26. The van der Waals surface area contributed by atoms with Gasteiger partial charge in [0.05, 0.1) is 5.69 Å². The van der Waals surface area contributed by atoms with Gasteiger partial charge in [0.25, 0.3) is 5.56 Å². The van der Waals surface area contributed by atoms with Crippen LogP contribution in [-0.4, -0.2) is 32.9 Å². The summed E-state index contributed by atoms with van der Waals surface area (Å²) in [5.74, 6) is -0.520. The number of hydrogen-bond acceptors (Lipinski definition) is 4. The summed E-state index contributed by atoms with van der Waals surface area (Å²) >= 11 is 0. The monoisotopic (exact) mass is 382 g/mol. The first-order valence-electron chi connectivity index (χ1n) is 9.26. The van der Waals surface area contributed by atoms with Gasteiger partial charge >= 0.3 is 0 Å². The van der Waals surface area contributed by atoms with Gasteiger partial charge in [0, 0.05) is 49.1 Å². The number of H-pyrrole nitrogens is 1. The van der Waals surface area contributed by atoms with E-state index in [1.165, 1.54) is 12.1 Å². The third-order valence-electron chi connectivity index (χ3n) is 4.97. The van der Waals surface area contributed by atoms with E-state index < -0.39 is 11.6 Å². The van der Waals surface area contributed by atoms with Crippen molar-refractivity contribution < 1.29 is 8.78 Å². The lowest BCUT2D eigenvalue weighted by Crippen LogP contribution is -2.34. The molecule has 2 aromatic heterocycles. The second kappa shape index (κ2) is 7.98. The maximum absolute atomic E-state index is 13.5. The van der Waals surface area contributed by atoms with Gasteiger partial charge < -0.3 is 4.98 Å². The molecule has 28 heavy (non-hydrogen) atoms. The number of halogens is 2. The minimum absolute atomic E-state index is 0.0926. The van der Waals surface area contributed by atoms with Crippen molar-refractivity contribution in [2.75, 3.05) is 13.1 Å². The molecule has 5 nitrogen and oxygen atoms in total. The lowest BCUT2D eigenvalue weighted by molar-refractivity contribution is 0.198. The molecule has 1 N–H and O–H groups in total. The number of benzene rings is 1. The predicted molar refractivity (Wildman–Crippen MR) is 102 cm³/mol. The Morgan fingerprint density at radius 1 is 1.11 bits per heavy atom. The maximum atomic E-state index is 13.5. The first-order chi connectivity index (χ1) is 13.6. The quantitative estimate of drug-likeness (QED) is 0.750. The van der Waals surface area contributed by atoms with Crippen molar-refractivity contribution in [1.82, 2.24) is 19.9 Å². The molecule has 144 valence electrons. The molecule has 7 heteroatoms. The number of nitrogens with one attached hydrogen (secondary N) is 1. The van der Waals surface area contributed by atoms with E-state index in [0.29, 0.717) is 24.5 Å². The highest BCUT2D eigenvalue weighted by molar-refractivity contribution is 5.53. The third kappa shape index (κ3) is 4.31. The normalized spacial score (nSPS) is 17.6. The van der Waals surface area contributed by atoms with E-state index in [2.05, 4.69) is 19.9 Å². The van der Waals surface area contributed by atoms with Gasteiger partial charge in [0.1, 0.15) is 17.5 Å². The summed E-state index contributed by atoms with van der Waals surface area (Å²) in [4.78, 5) is 25.7. The molecule has 4 rings (SSSR count). The Kier molecular flexibility index (Phi) is 5.25. The lowest BCUT2D eigenvalue weighted by atomic mass is 9.94. The fourth-order valence-corrected chi connectivity index (χ4v) is 3.73. The summed E-state index contributed by atoms with van der Waals surface area (Å²) in [5.41, 5.74) is 1.96. The van der Waals surface area contributed by atoms with Crippen LogP contribution in [0, 0.1) is 11.6 Å². The zero-order valence-corrected chi connectivity index (χ0v) is 15.2. The topological polar surface area (TPSA) is 61.9 Å². The molecule has 1 atom stereocenters. The van der Waals surface area contributed by atoms with Crippen molar-refractivity contribution in [1.29, 1.82) is 0 Å². The van der Waals surface area contributed by atoms with Crippen LogP contribution >= 0.6 is 0 Å².